The smallest absolute Gasteiger partial charge is 0.334 e. The zero-order valence-electron chi connectivity index (χ0n) is 14.1. The fourth-order valence-electron chi connectivity index (χ4n) is 2.95. The average molecular weight is 326 g/mol. The molecule has 4 rings (SSSR count). The number of imidazole rings is 2. The molecule has 0 radical (unpaired) electrons. The second-order valence-electron chi connectivity index (χ2n) is 6.26. The number of hydrogen-bond acceptors (Lipinski definition) is 4. The molecule has 3 aromatic heterocycles. The Morgan fingerprint density at radius 1 is 0.750 bits per heavy atom. The summed E-state index contributed by atoms with van der Waals surface area (Å²) in [4.78, 5) is 16.3. The minimum Gasteiger partial charge on any atom is -0.341 e. The molecule has 0 N–H and O–H groups in total. The van der Waals surface area contributed by atoms with Crippen LogP contribution in [0.2, 0.25) is 0 Å². The van der Waals surface area contributed by atoms with Gasteiger partial charge in [0.2, 0.25) is 5.95 Å². The van der Waals surface area contributed by atoms with Crippen molar-refractivity contribution in [2.75, 3.05) is 18.0 Å². The van der Waals surface area contributed by atoms with Gasteiger partial charge in [0.1, 0.15) is 24.8 Å². The Kier molecular flexibility index (Phi) is 3.72. The Balaban J connectivity index is 1.80. The monoisotopic (exact) mass is 326 g/mol. The lowest BCUT2D eigenvalue weighted by Crippen LogP contribution is -2.32. The Labute approximate surface area is 140 Å². The van der Waals surface area contributed by atoms with Crippen molar-refractivity contribution in [3.8, 4) is 11.9 Å². The molecule has 0 amide bonds. The molecule has 4 heterocycles. The molecule has 0 unspecified atom stereocenters. The number of nitrogens with zero attached hydrogens (tertiary/aromatic N) is 8. The van der Waals surface area contributed by atoms with E-state index in [1.165, 1.54) is 19.3 Å². The highest BCUT2D eigenvalue weighted by molar-refractivity contribution is 5.36. The summed E-state index contributed by atoms with van der Waals surface area (Å²) in [6.07, 6.45) is 15.4. The highest BCUT2D eigenvalue weighted by Crippen LogP contribution is 2.17. The van der Waals surface area contributed by atoms with Crippen molar-refractivity contribution >= 4 is 5.95 Å². The van der Waals surface area contributed by atoms with Gasteiger partial charge in [-0.3, -0.25) is 0 Å². The molecule has 8 nitrogen and oxygen atoms in total. The van der Waals surface area contributed by atoms with Gasteiger partial charge in [-0.25, -0.2) is 9.13 Å². The van der Waals surface area contributed by atoms with E-state index in [1.807, 2.05) is 69.8 Å². The molecule has 1 fully saturated rings. The predicted molar refractivity (Wildman–Crippen MR) is 86.9 cm³/mol. The fourth-order valence-corrected chi connectivity index (χ4v) is 2.95. The standard InChI is InChI=1S/C16H22N8/c1-20-8-10-23(12-20)15-17-14(22-6-4-3-5-7-22)18-16(19-15)24-11-9-21(2)13-24/h8-13H,3-7H2,1-2H3/q+2. The van der Waals surface area contributed by atoms with Crippen LogP contribution >= 0.6 is 0 Å². The van der Waals surface area contributed by atoms with Gasteiger partial charge < -0.3 is 4.90 Å². The zero-order chi connectivity index (χ0) is 16.5. The SMILES string of the molecule is C[n+]1ccn(-c2nc(N3CCCCC3)nc(-n3cc[n+](C)c3)n2)c1. The van der Waals surface area contributed by atoms with Gasteiger partial charge in [-0.15, -0.1) is 4.98 Å². The summed E-state index contributed by atoms with van der Waals surface area (Å²) in [6, 6.07) is 0. The lowest BCUT2D eigenvalue weighted by atomic mass is 10.1. The molecule has 124 valence electrons. The molecule has 24 heavy (non-hydrogen) atoms. The number of aryl methyl sites for hydroxylation is 2. The molecule has 1 aliphatic rings. The molecular formula is C16H22N8+2. The van der Waals surface area contributed by atoms with Crippen molar-refractivity contribution in [2.24, 2.45) is 14.1 Å². The lowest BCUT2D eigenvalue weighted by molar-refractivity contribution is -0.670. The first-order chi connectivity index (χ1) is 11.7. The number of hydrogen-bond donors (Lipinski definition) is 0. The highest BCUT2D eigenvalue weighted by Gasteiger charge is 2.21. The van der Waals surface area contributed by atoms with E-state index in [0.29, 0.717) is 11.9 Å². The van der Waals surface area contributed by atoms with E-state index in [2.05, 4.69) is 9.88 Å². The van der Waals surface area contributed by atoms with E-state index >= 15 is 0 Å². The molecular weight excluding hydrogens is 304 g/mol. The Bertz CT molecular complexity index is 785. The first-order valence-corrected chi connectivity index (χ1v) is 8.27. The topological polar surface area (TPSA) is 59.5 Å². The highest BCUT2D eigenvalue weighted by atomic mass is 15.4. The molecule has 0 bridgehead atoms. The van der Waals surface area contributed by atoms with Gasteiger partial charge in [0, 0.05) is 13.1 Å². The molecule has 0 aliphatic carbocycles. The molecule has 8 heteroatoms. The van der Waals surface area contributed by atoms with Crippen molar-refractivity contribution in [3.05, 3.63) is 37.4 Å². The Morgan fingerprint density at radius 2 is 1.25 bits per heavy atom. The average Bonchev–Trinajstić information content (AvgIpc) is 3.24. The molecule has 0 aromatic carbocycles. The number of rotatable bonds is 3. The summed E-state index contributed by atoms with van der Waals surface area (Å²) < 4.78 is 7.78. The molecule has 0 atom stereocenters. The second-order valence-corrected chi connectivity index (χ2v) is 6.26. The minimum atomic E-state index is 0.637. The quantitative estimate of drug-likeness (QED) is 0.640. The normalized spacial score (nSPS) is 15.0. The van der Waals surface area contributed by atoms with Gasteiger partial charge in [0.15, 0.2) is 0 Å². The number of aromatic nitrogens is 7. The van der Waals surface area contributed by atoms with Gasteiger partial charge >= 0.3 is 11.9 Å². The van der Waals surface area contributed by atoms with Crippen molar-refractivity contribution < 1.29 is 9.13 Å². The summed E-state index contributed by atoms with van der Waals surface area (Å²) >= 11 is 0. The van der Waals surface area contributed by atoms with Gasteiger partial charge in [0.05, 0.1) is 14.1 Å². The third kappa shape index (κ3) is 2.86. The van der Waals surface area contributed by atoms with Gasteiger partial charge in [-0.05, 0) is 19.3 Å². The van der Waals surface area contributed by atoms with Crippen molar-refractivity contribution in [1.82, 2.24) is 24.1 Å². The Hall–Kier alpha value is -2.77. The van der Waals surface area contributed by atoms with Crippen LogP contribution in [0.4, 0.5) is 5.95 Å². The van der Waals surface area contributed by atoms with E-state index in [4.69, 9.17) is 9.97 Å². The van der Waals surface area contributed by atoms with E-state index in [1.54, 1.807) is 0 Å². The number of piperidine rings is 1. The third-order valence-electron chi connectivity index (χ3n) is 4.24. The van der Waals surface area contributed by atoms with Gasteiger partial charge in [0.25, 0.3) is 12.7 Å². The molecule has 1 saturated heterocycles. The van der Waals surface area contributed by atoms with E-state index in [9.17, 15) is 0 Å². The van der Waals surface area contributed by atoms with Gasteiger partial charge in [-0.1, -0.05) is 0 Å². The van der Waals surface area contributed by atoms with Crippen LogP contribution < -0.4 is 14.0 Å². The summed E-state index contributed by atoms with van der Waals surface area (Å²) in [6.45, 7) is 2.00. The van der Waals surface area contributed by atoms with Gasteiger partial charge in [-0.2, -0.15) is 19.1 Å². The van der Waals surface area contributed by atoms with Crippen LogP contribution in [0.3, 0.4) is 0 Å². The predicted octanol–water partition coefficient (Wildman–Crippen LogP) is 0.0923. The van der Waals surface area contributed by atoms with Crippen LogP contribution in [-0.4, -0.2) is 37.2 Å². The maximum absolute atomic E-state index is 4.71. The molecule has 0 saturated carbocycles. The van der Waals surface area contributed by atoms with E-state index in [0.717, 1.165) is 19.0 Å². The first-order valence-electron chi connectivity index (χ1n) is 8.27. The molecule has 0 spiro atoms. The van der Waals surface area contributed by atoms with Crippen LogP contribution in [0.5, 0.6) is 0 Å². The summed E-state index contributed by atoms with van der Waals surface area (Å²) in [5, 5.41) is 0. The summed E-state index contributed by atoms with van der Waals surface area (Å²) in [5.74, 6) is 2.03. The Morgan fingerprint density at radius 3 is 1.71 bits per heavy atom. The lowest BCUT2D eigenvalue weighted by Gasteiger charge is -2.26. The fraction of sp³-hybridized carbons (Fsp3) is 0.438. The summed E-state index contributed by atoms with van der Waals surface area (Å²) in [5.41, 5.74) is 0. The first kappa shape index (κ1) is 14.8. The van der Waals surface area contributed by atoms with Crippen LogP contribution in [0.15, 0.2) is 37.4 Å². The van der Waals surface area contributed by atoms with E-state index < -0.39 is 0 Å². The van der Waals surface area contributed by atoms with Crippen LogP contribution in [0, 0.1) is 0 Å². The van der Waals surface area contributed by atoms with Crippen molar-refractivity contribution in [1.29, 1.82) is 0 Å². The maximum atomic E-state index is 4.71. The van der Waals surface area contributed by atoms with Crippen molar-refractivity contribution in [3.63, 3.8) is 0 Å². The van der Waals surface area contributed by atoms with Crippen LogP contribution in [0.25, 0.3) is 11.9 Å². The second kappa shape index (κ2) is 6.03. The largest absolute Gasteiger partial charge is 0.341 e. The number of anilines is 1. The van der Waals surface area contributed by atoms with Crippen LogP contribution in [0.1, 0.15) is 19.3 Å². The van der Waals surface area contributed by atoms with E-state index in [-0.39, 0.29) is 0 Å². The zero-order valence-corrected chi connectivity index (χ0v) is 14.1. The minimum absolute atomic E-state index is 0.637. The van der Waals surface area contributed by atoms with Crippen molar-refractivity contribution in [2.45, 2.75) is 19.3 Å². The molecule has 1 aliphatic heterocycles. The maximum Gasteiger partial charge on any atom is 0.334 e. The molecule has 3 aromatic rings. The van der Waals surface area contributed by atoms with Crippen LogP contribution in [-0.2, 0) is 14.1 Å². The summed E-state index contributed by atoms with van der Waals surface area (Å²) in [7, 11) is 3.96. The third-order valence-corrected chi connectivity index (χ3v) is 4.24.